The van der Waals surface area contributed by atoms with E-state index >= 15 is 0 Å². The standard InChI is InChI=1S/C9H19NO/c1-7(2)9-6-8(11)4-5-10(9)3/h7-9,11H,4-6H2,1-3H3/t8-,9-/m0/s1. The van der Waals surface area contributed by atoms with E-state index in [-0.39, 0.29) is 6.10 Å². The fourth-order valence-electron chi connectivity index (χ4n) is 1.88. The molecule has 0 bridgehead atoms. The van der Waals surface area contributed by atoms with Crippen molar-refractivity contribution in [3.05, 3.63) is 0 Å². The monoisotopic (exact) mass is 157 g/mol. The zero-order valence-corrected chi connectivity index (χ0v) is 7.75. The molecule has 0 amide bonds. The van der Waals surface area contributed by atoms with Gasteiger partial charge in [-0.05, 0) is 25.8 Å². The van der Waals surface area contributed by atoms with Crippen molar-refractivity contribution in [1.29, 1.82) is 0 Å². The molecule has 1 heterocycles. The number of nitrogens with zero attached hydrogens (tertiary/aromatic N) is 1. The number of rotatable bonds is 1. The molecule has 1 aliphatic heterocycles. The minimum absolute atomic E-state index is 0.0569. The molecule has 0 aromatic heterocycles. The quantitative estimate of drug-likeness (QED) is 0.616. The highest BCUT2D eigenvalue weighted by Crippen LogP contribution is 2.21. The lowest BCUT2D eigenvalue weighted by Gasteiger charge is -2.37. The predicted octanol–water partition coefficient (Wildman–Crippen LogP) is 1.10. The van der Waals surface area contributed by atoms with Gasteiger partial charge in [0.15, 0.2) is 0 Å². The van der Waals surface area contributed by atoms with Crippen LogP contribution in [-0.4, -0.2) is 35.7 Å². The Kier molecular flexibility index (Phi) is 2.90. The van der Waals surface area contributed by atoms with Gasteiger partial charge in [-0.3, -0.25) is 0 Å². The fraction of sp³-hybridized carbons (Fsp3) is 1.00. The average molecular weight is 157 g/mol. The van der Waals surface area contributed by atoms with Crippen LogP contribution in [0.1, 0.15) is 26.7 Å². The van der Waals surface area contributed by atoms with E-state index in [0.29, 0.717) is 12.0 Å². The van der Waals surface area contributed by atoms with Crippen LogP contribution >= 0.6 is 0 Å². The van der Waals surface area contributed by atoms with Gasteiger partial charge in [-0.2, -0.15) is 0 Å². The number of likely N-dealkylation sites (tertiary alicyclic amines) is 1. The number of piperidine rings is 1. The van der Waals surface area contributed by atoms with Gasteiger partial charge in [0.05, 0.1) is 6.10 Å². The summed E-state index contributed by atoms with van der Waals surface area (Å²) in [6, 6.07) is 0.582. The van der Waals surface area contributed by atoms with Gasteiger partial charge in [0, 0.05) is 12.6 Å². The van der Waals surface area contributed by atoms with Crippen molar-refractivity contribution in [1.82, 2.24) is 4.90 Å². The Labute approximate surface area is 69.2 Å². The van der Waals surface area contributed by atoms with E-state index < -0.39 is 0 Å². The van der Waals surface area contributed by atoms with Gasteiger partial charge < -0.3 is 10.0 Å². The van der Waals surface area contributed by atoms with Crippen LogP contribution in [0.5, 0.6) is 0 Å². The van der Waals surface area contributed by atoms with Gasteiger partial charge in [-0.1, -0.05) is 13.8 Å². The summed E-state index contributed by atoms with van der Waals surface area (Å²) in [4.78, 5) is 2.36. The molecule has 1 rings (SSSR count). The lowest BCUT2D eigenvalue weighted by molar-refractivity contribution is 0.0378. The summed E-state index contributed by atoms with van der Waals surface area (Å²) >= 11 is 0. The first-order valence-corrected chi connectivity index (χ1v) is 4.49. The first kappa shape index (κ1) is 9.01. The Balaban J connectivity index is 2.47. The number of hydrogen-bond acceptors (Lipinski definition) is 2. The second-order valence-corrected chi connectivity index (χ2v) is 3.97. The van der Waals surface area contributed by atoms with Gasteiger partial charge in [0.25, 0.3) is 0 Å². The van der Waals surface area contributed by atoms with Crippen molar-refractivity contribution in [2.24, 2.45) is 5.92 Å². The van der Waals surface area contributed by atoms with Crippen LogP contribution in [0.4, 0.5) is 0 Å². The van der Waals surface area contributed by atoms with E-state index in [4.69, 9.17) is 0 Å². The maximum Gasteiger partial charge on any atom is 0.0567 e. The second-order valence-electron chi connectivity index (χ2n) is 3.97. The van der Waals surface area contributed by atoms with Gasteiger partial charge in [0.1, 0.15) is 0 Å². The molecule has 11 heavy (non-hydrogen) atoms. The summed E-state index contributed by atoms with van der Waals surface area (Å²) in [7, 11) is 2.15. The van der Waals surface area contributed by atoms with E-state index in [9.17, 15) is 5.11 Å². The Morgan fingerprint density at radius 2 is 2.09 bits per heavy atom. The first-order valence-electron chi connectivity index (χ1n) is 4.49. The molecule has 2 atom stereocenters. The number of aliphatic hydroxyl groups is 1. The Morgan fingerprint density at radius 1 is 1.45 bits per heavy atom. The highest BCUT2D eigenvalue weighted by atomic mass is 16.3. The smallest absolute Gasteiger partial charge is 0.0567 e. The molecule has 0 radical (unpaired) electrons. The Bertz CT molecular complexity index is 125. The minimum atomic E-state index is -0.0569. The fourth-order valence-corrected chi connectivity index (χ4v) is 1.88. The molecule has 1 aliphatic rings. The van der Waals surface area contributed by atoms with Crippen molar-refractivity contribution in [3.63, 3.8) is 0 Å². The van der Waals surface area contributed by atoms with Crippen LogP contribution in [0, 0.1) is 5.92 Å². The van der Waals surface area contributed by atoms with Gasteiger partial charge >= 0.3 is 0 Å². The normalized spacial score (nSPS) is 34.6. The highest BCUT2D eigenvalue weighted by Gasteiger charge is 2.26. The van der Waals surface area contributed by atoms with E-state index in [1.54, 1.807) is 0 Å². The van der Waals surface area contributed by atoms with Crippen LogP contribution in [-0.2, 0) is 0 Å². The zero-order valence-electron chi connectivity index (χ0n) is 7.75. The van der Waals surface area contributed by atoms with E-state index in [1.807, 2.05) is 0 Å². The van der Waals surface area contributed by atoms with Crippen LogP contribution in [0.25, 0.3) is 0 Å². The number of hydrogen-bond donors (Lipinski definition) is 1. The summed E-state index contributed by atoms with van der Waals surface area (Å²) in [5.74, 6) is 0.662. The van der Waals surface area contributed by atoms with Crippen molar-refractivity contribution >= 4 is 0 Å². The largest absolute Gasteiger partial charge is 0.393 e. The lowest BCUT2D eigenvalue weighted by Crippen LogP contribution is -2.44. The first-order chi connectivity index (χ1) is 5.11. The molecule has 2 heteroatoms. The molecule has 0 aromatic rings. The maximum absolute atomic E-state index is 9.42. The molecular weight excluding hydrogens is 138 g/mol. The van der Waals surface area contributed by atoms with E-state index in [2.05, 4.69) is 25.8 Å². The second kappa shape index (κ2) is 3.55. The minimum Gasteiger partial charge on any atom is -0.393 e. The predicted molar refractivity (Wildman–Crippen MR) is 46.5 cm³/mol. The summed E-state index contributed by atoms with van der Waals surface area (Å²) in [6.07, 6.45) is 1.84. The van der Waals surface area contributed by atoms with E-state index in [0.717, 1.165) is 19.4 Å². The van der Waals surface area contributed by atoms with Crippen molar-refractivity contribution < 1.29 is 5.11 Å². The van der Waals surface area contributed by atoms with E-state index in [1.165, 1.54) is 0 Å². The number of aliphatic hydroxyl groups excluding tert-OH is 1. The van der Waals surface area contributed by atoms with Crippen molar-refractivity contribution in [2.75, 3.05) is 13.6 Å². The molecule has 66 valence electrons. The average Bonchev–Trinajstić information content (AvgIpc) is 1.94. The molecule has 1 fully saturated rings. The van der Waals surface area contributed by atoms with Gasteiger partial charge in [-0.25, -0.2) is 0 Å². The third kappa shape index (κ3) is 2.17. The molecule has 1 saturated heterocycles. The molecule has 0 unspecified atom stereocenters. The molecule has 0 aromatic carbocycles. The maximum atomic E-state index is 9.42. The molecule has 2 nitrogen and oxygen atoms in total. The molecular formula is C9H19NO. The molecule has 0 aliphatic carbocycles. The lowest BCUT2D eigenvalue weighted by atomic mass is 9.92. The summed E-state index contributed by atoms with van der Waals surface area (Å²) in [5.41, 5.74) is 0. The zero-order chi connectivity index (χ0) is 8.43. The Morgan fingerprint density at radius 3 is 2.55 bits per heavy atom. The van der Waals surface area contributed by atoms with Crippen LogP contribution in [0.15, 0.2) is 0 Å². The summed E-state index contributed by atoms with van der Waals surface area (Å²) in [6.45, 7) is 5.49. The highest BCUT2D eigenvalue weighted by molar-refractivity contribution is 4.81. The van der Waals surface area contributed by atoms with Crippen molar-refractivity contribution in [3.8, 4) is 0 Å². The van der Waals surface area contributed by atoms with Gasteiger partial charge in [0.2, 0.25) is 0 Å². The van der Waals surface area contributed by atoms with Crippen molar-refractivity contribution in [2.45, 2.75) is 38.8 Å². The summed E-state index contributed by atoms with van der Waals surface area (Å²) < 4.78 is 0. The summed E-state index contributed by atoms with van der Waals surface area (Å²) in [5, 5.41) is 9.42. The topological polar surface area (TPSA) is 23.5 Å². The Hall–Kier alpha value is -0.0800. The third-order valence-electron chi connectivity index (χ3n) is 2.66. The molecule has 1 N–H and O–H groups in total. The van der Waals surface area contributed by atoms with Gasteiger partial charge in [-0.15, -0.1) is 0 Å². The molecule has 0 saturated carbocycles. The van der Waals surface area contributed by atoms with Crippen LogP contribution in [0.2, 0.25) is 0 Å². The third-order valence-corrected chi connectivity index (χ3v) is 2.66. The van der Waals surface area contributed by atoms with Crippen LogP contribution < -0.4 is 0 Å². The van der Waals surface area contributed by atoms with Crippen LogP contribution in [0.3, 0.4) is 0 Å². The molecule has 0 spiro atoms. The SMILES string of the molecule is CC(C)[C@@H]1C[C@@H](O)CCN1C.